The molecule has 3 heterocycles. The van der Waals surface area contributed by atoms with Gasteiger partial charge in [-0.15, -0.1) is 0 Å². The largest absolute Gasteiger partial charge is 0.483 e. The highest BCUT2D eigenvalue weighted by atomic mass is 16.5. The van der Waals surface area contributed by atoms with Crippen LogP contribution in [-0.2, 0) is 22.6 Å². The van der Waals surface area contributed by atoms with Crippen LogP contribution in [0.5, 0.6) is 5.75 Å². The molecule has 33 heavy (non-hydrogen) atoms. The van der Waals surface area contributed by atoms with Gasteiger partial charge in [0, 0.05) is 26.7 Å². The van der Waals surface area contributed by atoms with E-state index in [2.05, 4.69) is 16.1 Å². The molecular weight excluding hydrogens is 418 g/mol. The number of likely N-dealkylation sites (tertiary alicyclic amines) is 1. The summed E-state index contributed by atoms with van der Waals surface area (Å²) >= 11 is 0. The first-order valence-corrected chi connectivity index (χ1v) is 12.0. The quantitative estimate of drug-likeness (QED) is 0.699. The minimum Gasteiger partial charge on any atom is -0.483 e. The third-order valence-corrected chi connectivity index (χ3v) is 7.15. The second-order valence-corrected chi connectivity index (χ2v) is 9.60. The van der Waals surface area contributed by atoms with Gasteiger partial charge in [0.25, 0.3) is 5.91 Å². The number of aryl methyl sites for hydroxylation is 3. The van der Waals surface area contributed by atoms with E-state index in [1.54, 1.807) is 4.68 Å². The Hall–Kier alpha value is -2.90. The Kier molecular flexibility index (Phi) is 7.00. The summed E-state index contributed by atoms with van der Waals surface area (Å²) in [7, 11) is 1.87. The maximum absolute atomic E-state index is 12.9. The lowest BCUT2D eigenvalue weighted by Crippen LogP contribution is -2.49. The normalized spacial score (nSPS) is 19.4. The molecule has 178 valence electrons. The van der Waals surface area contributed by atoms with Gasteiger partial charge in [-0.2, -0.15) is 5.10 Å². The molecule has 4 rings (SSSR count). The van der Waals surface area contributed by atoms with Crippen molar-refractivity contribution >= 4 is 11.8 Å². The Morgan fingerprint density at radius 2 is 1.88 bits per heavy atom. The number of hydrogen-bond donors (Lipinski definition) is 0. The van der Waals surface area contributed by atoms with E-state index in [-0.39, 0.29) is 30.4 Å². The highest BCUT2D eigenvalue weighted by molar-refractivity contribution is 5.77. The van der Waals surface area contributed by atoms with Crippen LogP contribution in [0.4, 0.5) is 0 Å². The summed E-state index contributed by atoms with van der Waals surface area (Å²) in [4.78, 5) is 33.7. The molecule has 0 atom stereocenters. The van der Waals surface area contributed by atoms with Gasteiger partial charge in [0.05, 0.1) is 0 Å². The van der Waals surface area contributed by atoms with E-state index in [0.717, 1.165) is 50.1 Å². The maximum atomic E-state index is 12.9. The zero-order chi connectivity index (χ0) is 23.4. The van der Waals surface area contributed by atoms with Crippen LogP contribution in [0.2, 0.25) is 0 Å². The molecule has 1 aromatic carbocycles. The number of benzene rings is 1. The number of para-hydroxylation sites is 1. The van der Waals surface area contributed by atoms with Crippen molar-refractivity contribution in [1.29, 1.82) is 0 Å². The first kappa shape index (κ1) is 23.3. The van der Waals surface area contributed by atoms with Crippen LogP contribution in [-0.4, -0.2) is 69.7 Å². The summed E-state index contributed by atoms with van der Waals surface area (Å²) in [5.74, 6) is 2.35. The monoisotopic (exact) mass is 453 g/mol. The molecule has 0 aliphatic carbocycles. The number of ether oxygens (including phenoxy) is 1. The fraction of sp³-hybridized carbons (Fsp3) is 0.600. The lowest BCUT2D eigenvalue weighted by Gasteiger charge is -2.44. The van der Waals surface area contributed by atoms with Gasteiger partial charge in [0.1, 0.15) is 23.9 Å². The van der Waals surface area contributed by atoms with Crippen LogP contribution in [0.1, 0.15) is 49.3 Å². The van der Waals surface area contributed by atoms with Crippen molar-refractivity contribution in [1.82, 2.24) is 24.6 Å². The number of carbonyl (C=O) groups excluding carboxylic acids is 2. The van der Waals surface area contributed by atoms with Crippen molar-refractivity contribution in [3.8, 4) is 5.75 Å². The first-order valence-electron chi connectivity index (χ1n) is 12.0. The minimum atomic E-state index is 0.000264. The molecule has 1 spiro atoms. The summed E-state index contributed by atoms with van der Waals surface area (Å²) in [6, 6.07) is 8.02. The van der Waals surface area contributed by atoms with Crippen molar-refractivity contribution in [2.75, 3.05) is 33.3 Å². The van der Waals surface area contributed by atoms with E-state index in [1.165, 1.54) is 5.56 Å². The standard InChI is InChI=1S/C25H35N5O3/c1-19-26-20(2)30(27-19)16-23(31)29-14-12-25(13-15-29)11-7-6-9-21-8-4-5-10-22(21)33-17-24(32)28(3)18-25/h4-5,8,10H,6-7,9,11-18H2,1-3H3. The molecule has 0 N–H and O–H groups in total. The molecule has 0 saturated carbocycles. The molecule has 0 radical (unpaired) electrons. The number of piperidine rings is 1. The van der Waals surface area contributed by atoms with Crippen molar-refractivity contribution in [2.24, 2.45) is 5.41 Å². The summed E-state index contributed by atoms with van der Waals surface area (Å²) in [5.41, 5.74) is 1.21. The highest BCUT2D eigenvalue weighted by Gasteiger charge is 2.37. The van der Waals surface area contributed by atoms with E-state index >= 15 is 0 Å². The van der Waals surface area contributed by atoms with Gasteiger partial charge in [0.15, 0.2) is 6.61 Å². The second-order valence-electron chi connectivity index (χ2n) is 9.60. The average molecular weight is 454 g/mol. The molecular formula is C25H35N5O3. The van der Waals surface area contributed by atoms with Crippen LogP contribution >= 0.6 is 0 Å². The van der Waals surface area contributed by atoms with E-state index in [4.69, 9.17) is 4.74 Å². The van der Waals surface area contributed by atoms with Crippen LogP contribution < -0.4 is 4.74 Å². The third-order valence-electron chi connectivity index (χ3n) is 7.15. The predicted molar refractivity (Wildman–Crippen MR) is 125 cm³/mol. The van der Waals surface area contributed by atoms with Gasteiger partial charge in [-0.05, 0) is 63.0 Å². The Morgan fingerprint density at radius 3 is 2.61 bits per heavy atom. The summed E-state index contributed by atoms with van der Waals surface area (Å²) in [6.07, 6.45) is 6.02. The van der Waals surface area contributed by atoms with Crippen molar-refractivity contribution < 1.29 is 14.3 Å². The Labute approximate surface area is 195 Å². The number of nitrogens with zero attached hydrogens (tertiary/aromatic N) is 5. The first-order chi connectivity index (χ1) is 15.8. The number of amides is 2. The summed E-state index contributed by atoms with van der Waals surface area (Å²) in [6.45, 7) is 6.14. The molecule has 8 nitrogen and oxygen atoms in total. The van der Waals surface area contributed by atoms with Crippen LogP contribution in [0, 0.1) is 19.3 Å². The van der Waals surface area contributed by atoms with E-state index in [9.17, 15) is 9.59 Å². The van der Waals surface area contributed by atoms with Crippen molar-refractivity contribution in [3.63, 3.8) is 0 Å². The van der Waals surface area contributed by atoms with Crippen LogP contribution in [0.3, 0.4) is 0 Å². The zero-order valence-corrected chi connectivity index (χ0v) is 20.0. The fourth-order valence-electron chi connectivity index (χ4n) is 5.16. The number of carbonyl (C=O) groups is 2. The van der Waals surface area contributed by atoms with Gasteiger partial charge >= 0.3 is 0 Å². The van der Waals surface area contributed by atoms with Crippen LogP contribution in [0.25, 0.3) is 0 Å². The SMILES string of the molecule is Cc1nc(C)n(CC(=O)N2CCC3(CCCCc4ccccc4OCC(=O)N(C)C3)CC2)n1. The van der Waals surface area contributed by atoms with E-state index in [0.29, 0.717) is 25.5 Å². The molecule has 1 aromatic heterocycles. The maximum Gasteiger partial charge on any atom is 0.260 e. The Bertz CT molecular complexity index is 994. The topological polar surface area (TPSA) is 80.6 Å². The molecule has 1 fully saturated rings. The molecule has 0 unspecified atom stereocenters. The minimum absolute atomic E-state index is 0.000264. The highest BCUT2D eigenvalue weighted by Crippen LogP contribution is 2.38. The number of fused-ring (bicyclic) bond motifs is 1. The summed E-state index contributed by atoms with van der Waals surface area (Å²) in [5, 5.41) is 4.32. The van der Waals surface area contributed by atoms with Gasteiger partial charge in [0.2, 0.25) is 5.91 Å². The van der Waals surface area contributed by atoms with E-state index < -0.39 is 0 Å². The molecule has 8 heteroatoms. The van der Waals surface area contributed by atoms with Crippen molar-refractivity contribution in [3.05, 3.63) is 41.5 Å². The van der Waals surface area contributed by atoms with Crippen molar-refractivity contribution in [2.45, 2.75) is 58.9 Å². The molecule has 0 bridgehead atoms. The lowest BCUT2D eigenvalue weighted by molar-refractivity contribution is -0.138. The van der Waals surface area contributed by atoms with Gasteiger partial charge in [-0.3, -0.25) is 9.59 Å². The molecule has 2 amide bonds. The van der Waals surface area contributed by atoms with Gasteiger partial charge < -0.3 is 14.5 Å². The number of rotatable bonds is 2. The number of hydrogen-bond acceptors (Lipinski definition) is 5. The Morgan fingerprint density at radius 1 is 1.12 bits per heavy atom. The average Bonchev–Trinajstić information content (AvgIpc) is 3.11. The smallest absolute Gasteiger partial charge is 0.260 e. The summed E-state index contributed by atoms with van der Waals surface area (Å²) < 4.78 is 7.56. The molecule has 2 aliphatic rings. The van der Waals surface area contributed by atoms with E-state index in [1.807, 2.05) is 48.9 Å². The Balaban J connectivity index is 1.40. The fourth-order valence-corrected chi connectivity index (χ4v) is 5.16. The number of aromatic nitrogens is 3. The van der Waals surface area contributed by atoms with Gasteiger partial charge in [-0.25, -0.2) is 9.67 Å². The third kappa shape index (κ3) is 5.54. The number of likely N-dealkylation sites (N-methyl/N-ethyl adjacent to an activating group) is 1. The van der Waals surface area contributed by atoms with Crippen LogP contribution in [0.15, 0.2) is 24.3 Å². The van der Waals surface area contributed by atoms with Gasteiger partial charge in [-0.1, -0.05) is 24.6 Å². The lowest BCUT2D eigenvalue weighted by atomic mass is 9.73. The second kappa shape index (κ2) is 9.93. The molecule has 2 aliphatic heterocycles. The zero-order valence-electron chi connectivity index (χ0n) is 20.0. The molecule has 2 aromatic rings. The molecule has 1 saturated heterocycles. The predicted octanol–water partition coefficient (Wildman–Crippen LogP) is 2.77.